The Morgan fingerprint density at radius 2 is 2.12 bits per heavy atom. The van der Waals surface area contributed by atoms with Crippen molar-refractivity contribution in [2.45, 2.75) is 25.8 Å². The molecule has 0 aromatic rings. The lowest BCUT2D eigenvalue weighted by atomic mass is 10.1. The Morgan fingerprint density at radius 1 is 1.41 bits per heavy atom. The van der Waals surface area contributed by atoms with Crippen LogP contribution in [-0.2, 0) is 9.53 Å². The van der Waals surface area contributed by atoms with Gasteiger partial charge < -0.3 is 20.3 Å². The molecule has 17 heavy (non-hydrogen) atoms. The molecule has 0 unspecified atom stereocenters. The summed E-state index contributed by atoms with van der Waals surface area (Å²) >= 11 is 0. The fraction of sp³-hybridized carbons (Fsp3) is 0.917. The molecule has 1 amide bonds. The number of amides is 1. The number of rotatable bonds is 7. The van der Waals surface area contributed by atoms with Crippen LogP contribution in [0.2, 0.25) is 0 Å². The van der Waals surface area contributed by atoms with Crippen molar-refractivity contribution in [2.24, 2.45) is 0 Å². The molecule has 1 aliphatic heterocycles. The lowest BCUT2D eigenvalue weighted by Gasteiger charge is -2.31. The van der Waals surface area contributed by atoms with E-state index in [0.29, 0.717) is 25.7 Å². The van der Waals surface area contributed by atoms with Gasteiger partial charge in [0, 0.05) is 19.7 Å². The number of methoxy groups -OCH3 is 1. The van der Waals surface area contributed by atoms with Crippen LogP contribution >= 0.6 is 0 Å². The smallest absolute Gasteiger partial charge is 0.234 e. The topological polar surface area (TPSA) is 53.6 Å². The summed E-state index contributed by atoms with van der Waals surface area (Å²) in [6.07, 6.45) is 2.28. The number of piperidine rings is 1. The second kappa shape index (κ2) is 8.44. The van der Waals surface area contributed by atoms with Gasteiger partial charge in [-0.2, -0.15) is 0 Å². The lowest BCUT2D eigenvalue weighted by Crippen LogP contribution is -2.45. The molecule has 100 valence electrons. The van der Waals surface area contributed by atoms with Crippen LogP contribution in [0.25, 0.3) is 0 Å². The number of carbonyl (C=O) groups excluding carboxylic acids is 1. The third-order valence-electron chi connectivity index (χ3n) is 3.21. The third-order valence-corrected chi connectivity index (χ3v) is 3.21. The van der Waals surface area contributed by atoms with Crippen LogP contribution in [0.3, 0.4) is 0 Å². The first-order valence-electron chi connectivity index (χ1n) is 6.47. The largest absolute Gasteiger partial charge is 0.383 e. The second-order valence-corrected chi connectivity index (χ2v) is 4.43. The average molecular weight is 243 g/mol. The van der Waals surface area contributed by atoms with Crippen molar-refractivity contribution in [1.82, 2.24) is 15.5 Å². The molecule has 0 bridgehead atoms. The van der Waals surface area contributed by atoms with Gasteiger partial charge in [-0.05, 0) is 32.5 Å². The third kappa shape index (κ3) is 6.00. The maximum atomic E-state index is 11.4. The fourth-order valence-corrected chi connectivity index (χ4v) is 2.05. The van der Waals surface area contributed by atoms with Gasteiger partial charge in [0.25, 0.3) is 0 Å². The van der Waals surface area contributed by atoms with Crippen LogP contribution in [0.5, 0.6) is 0 Å². The van der Waals surface area contributed by atoms with Gasteiger partial charge in [-0.25, -0.2) is 0 Å². The number of carbonyl (C=O) groups is 1. The second-order valence-electron chi connectivity index (χ2n) is 4.43. The molecule has 2 N–H and O–H groups in total. The molecular weight excluding hydrogens is 218 g/mol. The molecule has 1 aliphatic rings. The van der Waals surface area contributed by atoms with Crippen molar-refractivity contribution in [3.05, 3.63) is 0 Å². The van der Waals surface area contributed by atoms with Gasteiger partial charge in [-0.3, -0.25) is 4.79 Å². The highest BCUT2D eigenvalue weighted by Gasteiger charge is 2.17. The monoisotopic (exact) mass is 243 g/mol. The van der Waals surface area contributed by atoms with Crippen LogP contribution < -0.4 is 10.6 Å². The summed E-state index contributed by atoms with van der Waals surface area (Å²) in [6, 6.07) is 0.492. The van der Waals surface area contributed by atoms with Gasteiger partial charge in [0.15, 0.2) is 0 Å². The van der Waals surface area contributed by atoms with E-state index in [4.69, 9.17) is 4.74 Å². The molecule has 0 spiro atoms. The number of hydrogen-bond acceptors (Lipinski definition) is 4. The zero-order valence-electron chi connectivity index (χ0n) is 11.0. The lowest BCUT2D eigenvalue weighted by molar-refractivity contribution is -0.120. The van der Waals surface area contributed by atoms with Crippen molar-refractivity contribution in [3.63, 3.8) is 0 Å². The first kappa shape index (κ1) is 14.4. The summed E-state index contributed by atoms with van der Waals surface area (Å²) in [5, 5.41) is 6.12. The number of nitrogens with one attached hydrogen (secondary N) is 2. The summed E-state index contributed by atoms with van der Waals surface area (Å²) in [4.78, 5) is 13.9. The zero-order chi connectivity index (χ0) is 12.5. The van der Waals surface area contributed by atoms with Gasteiger partial charge in [-0.1, -0.05) is 6.92 Å². The molecular formula is C12H25N3O2. The van der Waals surface area contributed by atoms with Crippen molar-refractivity contribution < 1.29 is 9.53 Å². The van der Waals surface area contributed by atoms with Crippen LogP contribution in [0.4, 0.5) is 0 Å². The van der Waals surface area contributed by atoms with Crippen molar-refractivity contribution in [2.75, 3.05) is 46.4 Å². The zero-order valence-corrected chi connectivity index (χ0v) is 11.0. The molecule has 0 aromatic heterocycles. The van der Waals surface area contributed by atoms with E-state index < -0.39 is 0 Å². The minimum absolute atomic E-state index is 0.0555. The minimum Gasteiger partial charge on any atom is -0.383 e. The summed E-state index contributed by atoms with van der Waals surface area (Å²) in [5.74, 6) is 0.0555. The molecule has 0 aliphatic carbocycles. The van der Waals surface area contributed by atoms with Crippen molar-refractivity contribution >= 4 is 5.91 Å². The fourth-order valence-electron chi connectivity index (χ4n) is 2.05. The van der Waals surface area contributed by atoms with E-state index in [9.17, 15) is 4.79 Å². The van der Waals surface area contributed by atoms with E-state index in [-0.39, 0.29) is 5.91 Å². The highest BCUT2D eigenvalue weighted by atomic mass is 16.5. The Bertz CT molecular complexity index is 216. The van der Waals surface area contributed by atoms with Crippen LogP contribution in [-0.4, -0.2) is 63.3 Å². The molecule has 0 radical (unpaired) electrons. The molecule has 0 saturated carbocycles. The Morgan fingerprint density at radius 3 is 2.71 bits per heavy atom. The summed E-state index contributed by atoms with van der Waals surface area (Å²) < 4.78 is 4.87. The first-order chi connectivity index (χ1) is 8.26. The molecule has 5 heteroatoms. The highest BCUT2D eigenvalue weighted by Crippen LogP contribution is 2.09. The Hall–Kier alpha value is -0.650. The average Bonchev–Trinajstić information content (AvgIpc) is 2.37. The van der Waals surface area contributed by atoms with Crippen molar-refractivity contribution in [3.8, 4) is 0 Å². The van der Waals surface area contributed by atoms with Gasteiger partial charge in [0.05, 0.1) is 13.2 Å². The van der Waals surface area contributed by atoms with Gasteiger partial charge >= 0.3 is 0 Å². The Kier molecular flexibility index (Phi) is 7.16. The van der Waals surface area contributed by atoms with E-state index >= 15 is 0 Å². The Labute approximate surface area is 104 Å². The SMILES string of the molecule is CCN1CCC(NCC(=O)NCCOC)CC1. The van der Waals surface area contributed by atoms with E-state index in [0.717, 1.165) is 32.5 Å². The van der Waals surface area contributed by atoms with Crippen LogP contribution in [0.15, 0.2) is 0 Å². The molecule has 0 atom stereocenters. The Balaban J connectivity index is 2.04. The molecule has 5 nitrogen and oxygen atoms in total. The van der Waals surface area contributed by atoms with Gasteiger partial charge in [-0.15, -0.1) is 0 Å². The number of ether oxygens (including phenoxy) is 1. The molecule has 1 fully saturated rings. The molecule has 0 aromatic carbocycles. The maximum absolute atomic E-state index is 11.4. The maximum Gasteiger partial charge on any atom is 0.234 e. The highest BCUT2D eigenvalue weighted by molar-refractivity contribution is 5.77. The normalized spacial score (nSPS) is 18.2. The summed E-state index contributed by atoms with van der Waals surface area (Å²) in [6.45, 7) is 7.17. The molecule has 1 saturated heterocycles. The first-order valence-corrected chi connectivity index (χ1v) is 6.47. The van der Waals surface area contributed by atoms with E-state index in [1.54, 1.807) is 7.11 Å². The minimum atomic E-state index is 0.0555. The summed E-state index contributed by atoms with van der Waals surface area (Å²) in [5.41, 5.74) is 0. The number of hydrogen-bond donors (Lipinski definition) is 2. The predicted octanol–water partition coefficient (Wildman–Crippen LogP) is -0.177. The van der Waals surface area contributed by atoms with E-state index in [1.165, 1.54) is 0 Å². The van der Waals surface area contributed by atoms with Gasteiger partial charge in [0.2, 0.25) is 5.91 Å². The van der Waals surface area contributed by atoms with E-state index in [1.807, 2.05) is 0 Å². The van der Waals surface area contributed by atoms with Crippen LogP contribution in [0.1, 0.15) is 19.8 Å². The standard InChI is InChI=1S/C12H25N3O2/c1-3-15-7-4-11(5-8-15)14-10-12(16)13-6-9-17-2/h11,14H,3-10H2,1-2H3,(H,13,16). The molecule has 1 heterocycles. The predicted molar refractivity (Wildman–Crippen MR) is 68.0 cm³/mol. The quantitative estimate of drug-likeness (QED) is 0.609. The number of nitrogens with zero attached hydrogens (tertiary/aromatic N) is 1. The molecule has 1 rings (SSSR count). The van der Waals surface area contributed by atoms with Gasteiger partial charge in [0.1, 0.15) is 0 Å². The van der Waals surface area contributed by atoms with Crippen LogP contribution in [0, 0.1) is 0 Å². The summed E-state index contributed by atoms with van der Waals surface area (Å²) in [7, 11) is 1.63. The number of likely N-dealkylation sites (tertiary alicyclic amines) is 1. The van der Waals surface area contributed by atoms with Crippen molar-refractivity contribution in [1.29, 1.82) is 0 Å². The van der Waals surface area contributed by atoms with E-state index in [2.05, 4.69) is 22.5 Å².